The van der Waals surface area contributed by atoms with E-state index in [9.17, 15) is 49.2 Å². The number of aliphatic hydroxyl groups is 3. The van der Waals surface area contributed by atoms with Gasteiger partial charge in [-0.05, 0) is 76.9 Å². The molecule has 0 bridgehead atoms. The summed E-state index contributed by atoms with van der Waals surface area (Å²) in [7, 11) is 6.40. The van der Waals surface area contributed by atoms with Gasteiger partial charge < -0.3 is 45.9 Å². The zero-order chi connectivity index (χ0) is 42.3. The molecule has 3 aliphatic carbocycles. The monoisotopic (exact) mass is 791 g/mol. The van der Waals surface area contributed by atoms with Gasteiger partial charge in [-0.25, -0.2) is 9.59 Å². The highest BCUT2D eigenvalue weighted by Crippen LogP contribution is 2.54. The third-order valence-electron chi connectivity index (χ3n) is 10.7. The summed E-state index contributed by atoms with van der Waals surface area (Å²) in [4.78, 5) is 83.3. The third kappa shape index (κ3) is 7.76. The van der Waals surface area contributed by atoms with Gasteiger partial charge in [-0.3, -0.25) is 29.0 Å². The number of likely N-dealkylation sites (N-methyl/N-ethyl adjacent to an activating group) is 1. The largest absolute Gasteiger partial charge is 0.508 e. The van der Waals surface area contributed by atoms with Crippen molar-refractivity contribution in [3.63, 3.8) is 0 Å². The van der Waals surface area contributed by atoms with Crippen LogP contribution in [0.15, 0.2) is 41.2 Å². The number of aryl methyl sites for hydroxylation is 2. The number of primary amides is 1. The number of ether oxygens (including phenoxy) is 2. The molecule has 0 aliphatic heterocycles. The fourth-order valence-electron chi connectivity index (χ4n) is 8.13. The molecule has 0 heterocycles. The standard InChI is InChI=1S/C40H49N5O12/c1-8-9-10-45(39(54)57-18-56-38(53)22-12-19(2)11-20(3)13-22)17-27(46)42-25-16-26(43(4)5)23-14-21-15-24-31(44(6)7)34(49)30(37(41)52)36(51)40(24,55)35(50)28(21)33(48)29(23)32(25)47/h11-13,16,21,24,31,47-48,51,55H,8-10,14-15,17-18H2,1-7H3,(H2,41,52)(H,42,46)/t21-,24-,31-,40-/m0/s1. The summed E-state index contributed by atoms with van der Waals surface area (Å²) in [6.07, 6.45) is 0.172. The number of carbonyl (C=O) groups is 6. The number of nitrogens with zero attached hydrogens (tertiary/aromatic N) is 3. The van der Waals surface area contributed by atoms with Crippen LogP contribution in [0.2, 0.25) is 0 Å². The molecule has 0 saturated heterocycles. The normalized spacial score (nSPS) is 21.4. The molecule has 17 heteroatoms. The van der Waals surface area contributed by atoms with Gasteiger partial charge in [0.1, 0.15) is 29.4 Å². The second-order valence-electron chi connectivity index (χ2n) is 15.2. The van der Waals surface area contributed by atoms with Crippen LogP contribution in [0.4, 0.5) is 16.2 Å². The van der Waals surface area contributed by atoms with Crippen LogP contribution in [0.1, 0.15) is 58.8 Å². The van der Waals surface area contributed by atoms with Gasteiger partial charge in [0.2, 0.25) is 18.5 Å². The lowest BCUT2D eigenvalue weighted by molar-refractivity contribution is -0.153. The van der Waals surface area contributed by atoms with Crippen LogP contribution < -0.4 is 16.0 Å². The Morgan fingerprint density at radius 1 is 0.982 bits per heavy atom. The highest BCUT2D eigenvalue weighted by molar-refractivity contribution is 6.24. The zero-order valence-electron chi connectivity index (χ0n) is 33.0. The summed E-state index contributed by atoms with van der Waals surface area (Å²) in [6, 6.07) is 5.40. The SMILES string of the molecule is CCCCN(CC(=O)Nc1cc(N(C)C)c2c(c1O)C(O)=C1C(=O)[C@]3(O)C(O)=C(C(N)=O)C(=O)[C@@H](N(C)C)[C@@H]3C[C@@H]1C2)C(=O)OCOC(=O)c1cc(C)cc(C)c1. The molecule has 57 heavy (non-hydrogen) atoms. The Balaban J connectivity index is 1.43. The number of Topliss-reactive ketones (excluding diaryl/α,β-unsaturated/α-hetero) is 2. The molecule has 4 atom stereocenters. The molecule has 306 valence electrons. The van der Waals surface area contributed by atoms with E-state index in [1.165, 1.54) is 25.1 Å². The number of nitrogens with two attached hydrogens (primary N) is 1. The maximum absolute atomic E-state index is 14.3. The summed E-state index contributed by atoms with van der Waals surface area (Å²) >= 11 is 0. The fraction of sp³-hybridized carbons (Fsp3) is 0.450. The maximum Gasteiger partial charge on any atom is 0.413 e. The van der Waals surface area contributed by atoms with E-state index in [0.29, 0.717) is 24.1 Å². The Morgan fingerprint density at radius 3 is 2.21 bits per heavy atom. The van der Waals surface area contributed by atoms with Crippen molar-refractivity contribution in [1.82, 2.24) is 9.80 Å². The number of benzene rings is 2. The van der Waals surface area contributed by atoms with Crippen molar-refractivity contribution in [2.45, 2.75) is 58.1 Å². The number of unbranched alkanes of at least 4 members (excludes halogenated alkanes) is 1. The highest BCUT2D eigenvalue weighted by Gasteiger charge is 2.64. The minimum Gasteiger partial charge on any atom is -0.508 e. The number of amides is 3. The van der Waals surface area contributed by atoms with Gasteiger partial charge in [-0.2, -0.15) is 0 Å². The summed E-state index contributed by atoms with van der Waals surface area (Å²) in [6.45, 7) is 4.39. The van der Waals surface area contributed by atoms with Gasteiger partial charge in [0.25, 0.3) is 5.91 Å². The first-order chi connectivity index (χ1) is 26.7. The summed E-state index contributed by atoms with van der Waals surface area (Å²) < 4.78 is 10.3. The van der Waals surface area contributed by atoms with E-state index in [4.69, 9.17) is 15.2 Å². The van der Waals surface area contributed by atoms with E-state index in [0.717, 1.165) is 16.0 Å². The van der Waals surface area contributed by atoms with Gasteiger partial charge in [0.15, 0.2) is 11.4 Å². The predicted octanol–water partition coefficient (Wildman–Crippen LogP) is 2.64. The Morgan fingerprint density at radius 2 is 1.63 bits per heavy atom. The van der Waals surface area contributed by atoms with Crippen molar-refractivity contribution in [2.24, 2.45) is 17.6 Å². The van der Waals surface area contributed by atoms with Gasteiger partial charge >= 0.3 is 12.1 Å². The quantitative estimate of drug-likeness (QED) is 0.0783. The molecule has 2 aromatic carbocycles. The first kappa shape index (κ1) is 42.2. The summed E-state index contributed by atoms with van der Waals surface area (Å²) in [5.74, 6) is -9.44. The van der Waals surface area contributed by atoms with Gasteiger partial charge in [-0.15, -0.1) is 0 Å². The van der Waals surface area contributed by atoms with Crippen molar-refractivity contribution in [2.75, 3.05) is 58.3 Å². The number of esters is 1. The second kappa shape index (κ2) is 16.3. The highest BCUT2D eigenvalue weighted by atomic mass is 16.7. The molecule has 2 aromatic rings. The molecular weight excluding hydrogens is 742 g/mol. The molecule has 3 aliphatic rings. The summed E-state index contributed by atoms with van der Waals surface area (Å²) in [5.41, 5.74) is 3.73. The van der Waals surface area contributed by atoms with E-state index in [1.807, 2.05) is 26.8 Å². The topological polar surface area (TPSA) is 250 Å². The van der Waals surface area contributed by atoms with Gasteiger partial charge in [0.05, 0.1) is 22.9 Å². The van der Waals surface area contributed by atoms with E-state index < -0.39 is 95.1 Å². The number of aromatic hydroxyl groups is 1. The molecular formula is C40H49N5O12. The zero-order valence-corrected chi connectivity index (χ0v) is 33.0. The van der Waals surface area contributed by atoms with Crippen LogP contribution in [0.25, 0.3) is 5.76 Å². The van der Waals surface area contributed by atoms with Gasteiger partial charge in [0, 0.05) is 37.8 Å². The number of phenols is 1. The molecule has 0 aromatic heterocycles. The predicted molar refractivity (Wildman–Crippen MR) is 206 cm³/mol. The molecule has 7 N–H and O–H groups in total. The van der Waals surface area contributed by atoms with Crippen LogP contribution in [0, 0.1) is 25.7 Å². The van der Waals surface area contributed by atoms with Crippen LogP contribution in [-0.4, -0.2) is 125 Å². The number of rotatable bonds is 12. The van der Waals surface area contributed by atoms with Crippen molar-refractivity contribution >= 4 is 52.6 Å². The number of phenolic OH excluding ortho intramolecular Hbond substituents is 1. The fourth-order valence-corrected chi connectivity index (χ4v) is 8.13. The lowest BCUT2D eigenvalue weighted by atomic mass is 9.57. The Bertz CT molecular complexity index is 2090. The third-order valence-corrected chi connectivity index (χ3v) is 10.7. The first-order valence-corrected chi connectivity index (χ1v) is 18.4. The van der Waals surface area contributed by atoms with Crippen LogP contribution >= 0.6 is 0 Å². The minimum atomic E-state index is -2.81. The van der Waals surface area contributed by atoms with Crippen LogP contribution in [-0.2, 0) is 35.1 Å². The Labute approximate surface area is 329 Å². The van der Waals surface area contributed by atoms with E-state index in [-0.39, 0.29) is 41.8 Å². The molecule has 1 saturated carbocycles. The molecule has 1 fully saturated rings. The smallest absolute Gasteiger partial charge is 0.413 e. The molecule has 17 nitrogen and oxygen atoms in total. The van der Waals surface area contributed by atoms with Crippen molar-refractivity contribution in [3.05, 3.63) is 69.0 Å². The van der Waals surface area contributed by atoms with Crippen molar-refractivity contribution < 1.29 is 58.7 Å². The van der Waals surface area contributed by atoms with E-state index in [2.05, 4.69) is 5.32 Å². The van der Waals surface area contributed by atoms with E-state index in [1.54, 1.807) is 31.1 Å². The van der Waals surface area contributed by atoms with Crippen LogP contribution in [0.5, 0.6) is 5.75 Å². The molecule has 5 rings (SSSR count). The van der Waals surface area contributed by atoms with Gasteiger partial charge in [-0.1, -0.05) is 30.5 Å². The maximum atomic E-state index is 14.3. The van der Waals surface area contributed by atoms with Crippen LogP contribution in [0.3, 0.4) is 0 Å². The lowest BCUT2D eigenvalue weighted by Gasteiger charge is -2.50. The number of hydrogen-bond donors (Lipinski definition) is 6. The molecule has 3 amide bonds. The molecule has 0 unspecified atom stereocenters. The number of hydrogen-bond acceptors (Lipinski definition) is 14. The average Bonchev–Trinajstić information content (AvgIpc) is 3.11. The molecule has 0 radical (unpaired) electrons. The number of nitrogens with one attached hydrogen (secondary N) is 1. The number of aliphatic hydroxyl groups excluding tert-OH is 2. The second-order valence-corrected chi connectivity index (χ2v) is 15.2. The number of anilines is 2. The Kier molecular flexibility index (Phi) is 12.0. The summed E-state index contributed by atoms with van der Waals surface area (Å²) in [5, 5.41) is 49.0. The number of fused-ring (bicyclic) bond motifs is 3. The lowest BCUT2D eigenvalue weighted by Crippen LogP contribution is -2.65. The number of carbonyl (C=O) groups excluding carboxylic acids is 6. The minimum absolute atomic E-state index is 0.0362. The molecule has 0 spiro atoms. The average molecular weight is 792 g/mol. The van der Waals surface area contributed by atoms with Crippen molar-refractivity contribution in [3.8, 4) is 5.75 Å². The van der Waals surface area contributed by atoms with E-state index >= 15 is 0 Å². The number of ketones is 2. The first-order valence-electron chi connectivity index (χ1n) is 18.4. The van der Waals surface area contributed by atoms with Crippen molar-refractivity contribution in [1.29, 1.82) is 0 Å². The Hall–Kier alpha value is -5.94.